The first kappa shape index (κ1) is 36.7. The predicted octanol–water partition coefficient (Wildman–Crippen LogP) is 5.67. The number of carbonyl (C=O) groups is 1. The normalized spacial score (nSPS) is 17.0. The molecule has 0 aliphatic carbocycles. The molecule has 4 aromatic carbocycles. The molecular weight excluding hydrogens is 728 g/mol. The van der Waals surface area contributed by atoms with Crippen molar-refractivity contribution < 1.29 is 42.0 Å². The molecule has 0 radical (unpaired) electrons. The van der Waals surface area contributed by atoms with Crippen molar-refractivity contribution in [3.8, 4) is 23.0 Å². The molecule has 0 aromatic heterocycles. The third-order valence-corrected chi connectivity index (χ3v) is 10.5. The number of halogens is 1. The summed E-state index contributed by atoms with van der Waals surface area (Å²) in [4.78, 5) is 19.7. The number of hydrogen-bond acceptors (Lipinski definition) is 10. The van der Waals surface area contributed by atoms with Crippen molar-refractivity contribution in [2.45, 2.75) is 35.9 Å². The van der Waals surface area contributed by atoms with Gasteiger partial charge in [-0.1, -0.05) is 46.3 Å². The van der Waals surface area contributed by atoms with Crippen LogP contribution in [-0.2, 0) is 25.9 Å². The summed E-state index contributed by atoms with van der Waals surface area (Å²) in [6.45, 7) is 0.411. The van der Waals surface area contributed by atoms with Gasteiger partial charge in [0, 0.05) is 36.0 Å². The molecule has 5 rings (SSSR count). The zero-order valence-corrected chi connectivity index (χ0v) is 30.3. The molecule has 264 valence electrons. The third-order valence-electron chi connectivity index (χ3n) is 8.23. The second-order valence-electron chi connectivity index (χ2n) is 11.4. The minimum absolute atomic E-state index is 0.0177. The fourth-order valence-electron chi connectivity index (χ4n) is 5.62. The van der Waals surface area contributed by atoms with E-state index in [0.29, 0.717) is 52.7 Å². The van der Waals surface area contributed by atoms with Crippen molar-refractivity contribution in [2.24, 2.45) is 4.99 Å². The molecule has 0 bridgehead atoms. The Bertz CT molecular complexity index is 1880. The number of nitrogens with zero attached hydrogens (tertiary/aromatic N) is 1. The minimum Gasteiger partial charge on any atom is -0.494 e. The number of nitrogens with one attached hydrogen (secondary N) is 1. The van der Waals surface area contributed by atoms with E-state index >= 15 is 0 Å². The van der Waals surface area contributed by atoms with Gasteiger partial charge in [-0.3, -0.25) is 4.79 Å². The lowest BCUT2D eigenvalue weighted by atomic mass is 9.85. The fraction of sp³-hybridized carbons (Fsp3) is 0.297. The van der Waals surface area contributed by atoms with Crippen LogP contribution in [0.15, 0.2) is 105 Å². The van der Waals surface area contributed by atoms with Crippen LogP contribution < -0.4 is 24.3 Å². The Morgan fingerprint density at radius 3 is 2.20 bits per heavy atom. The van der Waals surface area contributed by atoms with Gasteiger partial charge in [0.05, 0.1) is 38.6 Å². The van der Waals surface area contributed by atoms with Crippen molar-refractivity contribution in [3.05, 3.63) is 112 Å². The number of sulfone groups is 1. The summed E-state index contributed by atoms with van der Waals surface area (Å²) < 4.78 is 56.7. The van der Waals surface area contributed by atoms with Gasteiger partial charge in [0.2, 0.25) is 11.6 Å². The largest absolute Gasteiger partial charge is 0.494 e. The van der Waals surface area contributed by atoms with Crippen molar-refractivity contribution in [3.63, 3.8) is 0 Å². The number of aliphatic hydroxyl groups is 1. The highest BCUT2D eigenvalue weighted by atomic mass is 79.9. The summed E-state index contributed by atoms with van der Waals surface area (Å²) in [5.41, 5.74) is 0.171. The molecule has 0 saturated carbocycles. The number of benzene rings is 4. The molecule has 0 spiro atoms. The predicted molar refractivity (Wildman–Crippen MR) is 192 cm³/mol. The van der Waals surface area contributed by atoms with E-state index in [-0.39, 0.29) is 36.1 Å². The fourth-order valence-corrected chi connectivity index (χ4v) is 7.27. The van der Waals surface area contributed by atoms with Crippen LogP contribution in [0.1, 0.15) is 35.6 Å². The topological polar surface area (TPSA) is 142 Å². The molecule has 1 amide bonds. The average molecular weight is 768 g/mol. The van der Waals surface area contributed by atoms with Crippen LogP contribution in [0.25, 0.3) is 0 Å². The Morgan fingerprint density at radius 2 is 1.60 bits per heavy atom. The molecule has 13 heteroatoms. The maximum atomic E-state index is 14.6. The van der Waals surface area contributed by atoms with Gasteiger partial charge in [-0.05, 0) is 71.8 Å². The lowest BCUT2D eigenvalue weighted by Crippen LogP contribution is -2.49. The van der Waals surface area contributed by atoms with Crippen LogP contribution >= 0.6 is 15.9 Å². The lowest BCUT2D eigenvalue weighted by Gasteiger charge is -2.30. The summed E-state index contributed by atoms with van der Waals surface area (Å²) in [6.07, 6.45) is -0.666. The van der Waals surface area contributed by atoms with Gasteiger partial charge in [-0.15, -0.1) is 0 Å². The van der Waals surface area contributed by atoms with Crippen LogP contribution in [0.2, 0.25) is 0 Å². The number of methoxy groups -OCH3 is 3. The molecule has 0 saturated heterocycles. The van der Waals surface area contributed by atoms with Gasteiger partial charge in [-0.25, -0.2) is 13.4 Å². The molecule has 2 N–H and O–H groups in total. The Labute approximate surface area is 300 Å². The molecule has 11 nitrogen and oxygen atoms in total. The van der Waals surface area contributed by atoms with Gasteiger partial charge in [0.15, 0.2) is 33.0 Å². The standard InChI is InChI=1S/C37H39BrN2O9S/c1-45-31-22-25(23-32(46-2)33(31)47-3)24-39-36(42)37(18-21-50(43,44)30-8-5-4-6-9-30)34(26-10-14-28(38)15-11-26)49-35(40-37)27-12-16-29(17-13-27)48-20-7-19-41/h4-6,8-17,22-23,34,41H,7,18-21,24H2,1-3H3,(H,39,42)/t34-,37-/m1/s1. The highest BCUT2D eigenvalue weighted by Gasteiger charge is 2.53. The van der Waals surface area contributed by atoms with Crippen molar-refractivity contribution in [1.82, 2.24) is 5.32 Å². The van der Waals surface area contributed by atoms with Crippen LogP contribution in [0.5, 0.6) is 23.0 Å². The van der Waals surface area contributed by atoms with Gasteiger partial charge in [-0.2, -0.15) is 0 Å². The van der Waals surface area contributed by atoms with Gasteiger partial charge >= 0.3 is 0 Å². The number of ether oxygens (including phenoxy) is 5. The lowest BCUT2D eigenvalue weighted by molar-refractivity contribution is -0.129. The number of carbonyl (C=O) groups excluding carboxylic acids is 1. The first-order chi connectivity index (χ1) is 24.1. The van der Waals surface area contributed by atoms with Crippen LogP contribution in [-0.4, -0.2) is 71.2 Å². The molecule has 50 heavy (non-hydrogen) atoms. The van der Waals surface area contributed by atoms with E-state index in [2.05, 4.69) is 21.2 Å². The summed E-state index contributed by atoms with van der Waals surface area (Å²) in [5.74, 6) is 1.11. The molecule has 0 fully saturated rings. The zero-order valence-electron chi connectivity index (χ0n) is 27.9. The van der Waals surface area contributed by atoms with Crippen LogP contribution in [0.3, 0.4) is 0 Å². The second kappa shape index (κ2) is 16.4. The summed E-state index contributed by atoms with van der Waals surface area (Å²) in [7, 11) is 0.697. The molecule has 4 aromatic rings. The van der Waals surface area contributed by atoms with Crippen molar-refractivity contribution in [2.75, 3.05) is 40.3 Å². The number of aliphatic imine (C=N–C) groups is 1. The van der Waals surface area contributed by atoms with E-state index in [1.54, 1.807) is 54.6 Å². The number of rotatable bonds is 16. The SMILES string of the molecule is COc1cc(CNC(=O)[C@]2(CCS(=O)(=O)c3ccccc3)N=C(c3ccc(OCCCO)cc3)O[C@@H]2c2ccc(Br)cc2)cc(OC)c1OC. The Hall–Kier alpha value is -4.59. The van der Waals surface area contributed by atoms with Crippen molar-refractivity contribution in [1.29, 1.82) is 0 Å². The quantitative estimate of drug-likeness (QED) is 0.138. The molecule has 1 aliphatic rings. The minimum atomic E-state index is -3.82. The Morgan fingerprint density at radius 1 is 0.940 bits per heavy atom. The first-order valence-corrected chi connectivity index (χ1v) is 18.3. The highest BCUT2D eigenvalue weighted by Crippen LogP contribution is 2.44. The van der Waals surface area contributed by atoms with E-state index in [1.807, 2.05) is 24.3 Å². The van der Waals surface area contributed by atoms with E-state index in [4.69, 9.17) is 33.8 Å². The van der Waals surface area contributed by atoms with E-state index in [0.717, 1.165) is 4.47 Å². The molecule has 1 heterocycles. The molecule has 2 atom stereocenters. The van der Waals surface area contributed by atoms with Crippen molar-refractivity contribution >= 4 is 37.6 Å². The van der Waals surface area contributed by atoms with Crippen LogP contribution in [0.4, 0.5) is 0 Å². The maximum absolute atomic E-state index is 14.6. The van der Waals surface area contributed by atoms with Gasteiger partial charge < -0.3 is 34.1 Å². The second-order valence-corrected chi connectivity index (χ2v) is 14.5. The van der Waals surface area contributed by atoms with Gasteiger partial charge in [0.1, 0.15) is 5.75 Å². The monoisotopic (exact) mass is 766 g/mol. The number of aliphatic hydroxyl groups excluding tert-OH is 1. The smallest absolute Gasteiger partial charge is 0.252 e. The Balaban J connectivity index is 1.56. The third kappa shape index (κ3) is 8.23. The summed E-state index contributed by atoms with van der Waals surface area (Å²) in [6, 6.07) is 25.9. The Kier molecular flexibility index (Phi) is 12.0. The molecular formula is C37H39BrN2O9S. The van der Waals surface area contributed by atoms with E-state index in [9.17, 15) is 13.2 Å². The first-order valence-electron chi connectivity index (χ1n) is 15.8. The summed E-state index contributed by atoms with van der Waals surface area (Å²) >= 11 is 3.47. The van der Waals surface area contributed by atoms with Crippen LogP contribution in [0, 0.1) is 0 Å². The number of amides is 1. The van der Waals surface area contributed by atoms with Gasteiger partial charge in [0.25, 0.3) is 5.91 Å². The summed E-state index contributed by atoms with van der Waals surface area (Å²) in [5, 5.41) is 12.1. The average Bonchev–Trinajstić information content (AvgIpc) is 3.54. The number of hydrogen-bond donors (Lipinski definition) is 2. The van der Waals surface area contributed by atoms with E-state index < -0.39 is 27.4 Å². The molecule has 0 unspecified atom stereocenters. The maximum Gasteiger partial charge on any atom is 0.252 e. The zero-order chi connectivity index (χ0) is 35.7. The highest BCUT2D eigenvalue weighted by molar-refractivity contribution is 9.10. The molecule has 1 aliphatic heterocycles. The van der Waals surface area contributed by atoms with E-state index in [1.165, 1.54) is 33.5 Å².